The van der Waals surface area contributed by atoms with Crippen LogP contribution in [-0.2, 0) is 9.53 Å². The highest BCUT2D eigenvalue weighted by Crippen LogP contribution is 2.37. The number of rotatable bonds is 7. The highest BCUT2D eigenvalue weighted by molar-refractivity contribution is 5.96. The van der Waals surface area contributed by atoms with Crippen molar-refractivity contribution in [3.8, 4) is 23.5 Å². The second-order valence-electron chi connectivity index (χ2n) is 9.41. The Morgan fingerprint density at radius 1 is 1.17 bits per heavy atom. The Morgan fingerprint density at radius 2 is 1.81 bits per heavy atom. The summed E-state index contributed by atoms with van der Waals surface area (Å²) in [5.74, 6) is 2.27. The Labute approximate surface area is 212 Å². The molecule has 2 rings (SSSR count). The van der Waals surface area contributed by atoms with Crippen molar-refractivity contribution in [2.24, 2.45) is 0 Å². The van der Waals surface area contributed by atoms with Crippen molar-refractivity contribution in [2.75, 3.05) is 31.8 Å². The maximum Gasteiger partial charge on any atom is 0.410 e. The number of carbonyl (C=O) groups excluding carboxylic acids is 2. The molecule has 194 valence electrons. The number of pyridine rings is 2. The van der Waals surface area contributed by atoms with E-state index in [0.29, 0.717) is 39.5 Å². The monoisotopic (exact) mass is 496 g/mol. The van der Waals surface area contributed by atoms with Crippen molar-refractivity contribution in [3.05, 3.63) is 34.8 Å². The van der Waals surface area contributed by atoms with E-state index in [-0.39, 0.29) is 5.82 Å². The second kappa shape index (κ2) is 11.4. The van der Waals surface area contributed by atoms with Gasteiger partial charge in [-0.05, 0) is 66.3 Å². The number of likely N-dealkylation sites (N-methyl/N-ethyl adjacent to an activating group) is 1. The van der Waals surface area contributed by atoms with Crippen LogP contribution in [0.15, 0.2) is 12.1 Å². The van der Waals surface area contributed by atoms with E-state index in [2.05, 4.69) is 31.8 Å². The fourth-order valence-corrected chi connectivity index (χ4v) is 3.67. The smallest absolute Gasteiger partial charge is 0.410 e. The number of aromatic nitrogens is 2. The number of hydrogen-bond acceptors (Lipinski definition) is 8. The van der Waals surface area contributed by atoms with Gasteiger partial charge in [-0.1, -0.05) is 5.92 Å². The molecule has 0 aliphatic carbocycles. The first-order chi connectivity index (χ1) is 16.7. The maximum absolute atomic E-state index is 13.0. The SMILES string of the molecule is C#Cc1cc(-c2c(C)nc(C)c(C(O)NC)c2NC)cc(NC(=O)C(C)N(C)C(=O)OC(C)(C)C)n1. The molecule has 0 aliphatic heterocycles. The lowest BCUT2D eigenvalue weighted by molar-refractivity contribution is -0.120. The van der Waals surface area contributed by atoms with Gasteiger partial charge < -0.3 is 20.5 Å². The Morgan fingerprint density at radius 3 is 2.33 bits per heavy atom. The minimum atomic E-state index is -0.948. The summed E-state index contributed by atoms with van der Waals surface area (Å²) in [6.07, 6.45) is 4.09. The summed E-state index contributed by atoms with van der Waals surface area (Å²) in [4.78, 5) is 35.5. The van der Waals surface area contributed by atoms with Crippen LogP contribution in [0.5, 0.6) is 0 Å². The first-order valence-electron chi connectivity index (χ1n) is 11.5. The molecule has 2 amide bonds. The van der Waals surface area contributed by atoms with Crippen molar-refractivity contribution in [3.63, 3.8) is 0 Å². The van der Waals surface area contributed by atoms with E-state index in [1.165, 1.54) is 11.9 Å². The Bertz CT molecular complexity index is 1180. The van der Waals surface area contributed by atoms with Gasteiger partial charge in [-0.25, -0.2) is 9.78 Å². The Balaban J connectivity index is 2.50. The summed E-state index contributed by atoms with van der Waals surface area (Å²) in [6.45, 7) is 10.5. The van der Waals surface area contributed by atoms with E-state index < -0.39 is 29.9 Å². The van der Waals surface area contributed by atoms with Crippen molar-refractivity contribution in [2.45, 2.75) is 59.4 Å². The summed E-state index contributed by atoms with van der Waals surface area (Å²) in [6, 6.07) is 2.55. The fourth-order valence-electron chi connectivity index (χ4n) is 3.67. The van der Waals surface area contributed by atoms with E-state index in [1.807, 2.05) is 13.8 Å². The number of nitrogens with zero attached hydrogens (tertiary/aromatic N) is 3. The molecular weight excluding hydrogens is 460 g/mol. The number of ether oxygens (including phenoxy) is 1. The number of amides is 2. The van der Waals surface area contributed by atoms with Gasteiger partial charge in [0.1, 0.15) is 29.4 Å². The molecule has 36 heavy (non-hydrogen) atoms. The summed E-state index contributed by atoms with van der Waals surface area (Å²) in [5.41, 5.74) is 3.61. The summed E-state index contributed by atoms with van der Waals surface area (Å²) in [5, 5.41) is 19.3. The minimum Gasteiger partial charge on any atom is -0.444 e. The van der Waals surface area contributed by atoms with Gasteiger partial charge in [-0.3, -0.25) is 20.0 Å². The molecule has 10 heteroatoms. The van der Waals surface area contributed by atoms with Crippen LogP contribution in [0.2, 0.25) is 0 Å². The number of carbonyl (C=O) groups is 2. The summed E-state index contributed by atoms with van der Waals surface area (Å²) in [7, 11) is 4.89. The molecule has 0 spiro atoms. The topological polar surface area (TPSA) is 129 Å². The molecule has 0 aliphatic rings. The standard InChI is InChI=1S/C26H36N6O4/c1-11-18-12-17(20-14(2)29-15(3)21(22(20)27-8)24(34)28-9)13-19(30-18)31-23(33)16(4)32(10)25(35)36-26(5,6)7/h1,12-13,16,24,28,34H,2-10H3,(H,27,29)(H,30,31,33). The average Bonchev–Trinajstić information content (AvgIpc) is 2.80. The third-order valence-corrected chi connectivity index (χ3v) is 5.56. The predicted molar refractivity (Wildman–Crippen MR) is 141 cm³/mol. The molecule has 2 aromatic heterocycles. The number of aryl methyl sites for hydroxylation is 2. The lowest BCUT2D eigenvalue weighted by Gasteiger charge is -2.28. The van der Waals surface area contributed by atoms with Crippen LogP contribution in [0.4, 0.5) is 16.3 Å². The fraction of sp³-hybridized carbons (Fsp3) is 0.462. The lowest BCUT2D eigenvalue weighted by Crippen LogP contribution is -2.45. The number of aliphatic hydroxyl groups is 1. The molecule has 2 heterocycles. The van der Waals surface area contributed by atoms with Crippen molar-refractivity contribution >= 4 is 23.5 Å². The van der Waals surface area contributed by atoms with Crippen LogP contribution in [0, 0.1) is 26.2 Å². The van der Waals surface area contributed by atoms with Gasteiger partial charge in [0.15, 0.2) is 0 Å². The van der Waals surface area contributed by atoms with E-state index in [1.54, 1.807) is 53.9 Å². The molecule has 0 fully saturated rings. The average molecular weight is 497 g/mol. The van der Waals surface area contributed by atoms with Gasteiger partial charge in [-0.15, -0.1) is 6.42 Å². The molecule has 2 aromatic rings. The summed E-state index contributed by atoms with van der Waals surface area (Å²) < 4.78 is 5.35. The van der Waals surface area contributed by atoms with Crippen LogP contribution < -0.4 is 16.0 Å². The molecule has 0 bridgehead atoms. The largest absolute Gasteiger partial charge is 0.444 e. The van der Waals surface area contributed by atoms with Gasteiger partial charge in [0.2, 0.25) is 5.91 Å². The molecule has 10 nitrogen and oxygen atoms in total. The minimum absolute atomic E-state index is 0.215. The van der Waals surface area contributed by atoms with Crippen LogP contribution in [-0.4, -0.2) is 64.8 Å². The number of aliphatic hydroxyl groups excluding tert-OH is 1. The van der Waals surface area contributed by atoms with Crippen LogP contribution in [0.3, 0.4) is 0 Å². The van der Waals surface area contributed by atoms with Crippen LogP contribution in [0.25, 0.3) is 11.1 Å². The molecule has 4 N–H and O–H groups in total. The van der Waals surface area contributed by atoms with Gasteiger partial charge in [0.05, 0.1) is 5.69 Å². The zero-order valence-corrected chi connectivity index (χ0v) is 22.4. The molecule has 0 saturated heterocycles. The zero-order chi connectivity index (χ0) is 27.4. The maximum atomic E-state index is 13.0. The molecule has 0 aromatic carbocycles. The van der Waals surface area contributed by atoms with Gasteiger partial charge in [0.25, 0.3) is 0 Å². The van der Waals surface area contributed by atoms with Gasteiger partial charge in [-0.2, -0.15) is 0 Å². The molecule has 2 unspecified atom stereocenters. The van der Waals surface area contributed by atoms with Crippen molar-refractivity contribution in [1.82, 2.24) is 20.2 Å². The predicted octanol–water partition coefficient (Wildman–Crippen LogP) is 3.19. The Kier molecular flexibility index (Phi) is 9.02. The zero-order valence-electron chi connectivity index (χ0n) is 22.4. The molecule has 0 saturated carbocycles. The van der Waals surface area contributed by atoms with E-state index in [4.69, 9.17) is 11.2 Å². The second-order valence-corrected chi connectivity index (χ2v) is 9.41. The van der Waals surface area contributed by atoms with E-state index in [9.17, 15) is 14.7 Å². The molecule has 0 radical (unpaired) electrons. The van der Waals surface area contributed by atoms with Gasteiger partial charge >= 0.3 is 6.09 Å². The van der Waals surface area contributed by atoms with Gasteiger partial charge in [0, 0.05) is 36.6 Å². The number of anilines is 2. The lowest BCUT2D eigenvalue weighted by atomic mass is 9.96. The number of terminal acetylenes is 1. The third kappa shape index (κ3) is 6.50. The van der Waals surface area contributed by atoms with Crippen molar-refractivity contribution < 1.29 is 19.4 Å². The highest BCUT2D eigenvalue weighted by atomic mass is 16.6. The first kappa shape index (κ1) is 28.6. The normalized spacial score (nSPS) is 12.8. The first-order valence-corrected chi connectivity index (χ1v) is 11.5. The van der Waals surface area contributed by atoms with Crippen LogP contribution in [0.1, 0.15) is 56.6 Å². The number of hydrogen-bond donors (Lipinski definition) is 4. The molecule has 2 atom stereocenters. The Hall–Kier alpha value is -3.68. The van der Waals surface area contributed by atoms with E-state index in [0.717, 1.165) is 0 Å². The highest BCUT2D eigenvalue weighted by Gasteiger charge is 2.28. The third-order valence-electron chi connectivity index (χ3n) is 5.56. The number of nitrogens with one attached hydrogen (secondary N) is 3. The quantitative estimate of drug-likeness (QED) is 0.340. The van der Waals surface area contributed by atoms with E-state index >= 15 is 0 Å². The molecular formula is C26H36N6O4. The van der Waals surface area contributed by atoms with Crippen molar-refractivity contribution in [1.29, 1.82) is 0 Å². The van der Waals surface area contributed by atoms with Crippen LogP contribution >= 0.6 is 0 Å². The summed E-state index contributed by atoms with van der Waals surface area (Å²) >= 11 is 0.